The van der Waals surface area contributed by atoms with Crippen LogP contribution in [0.5, 0.6) is 0 Å². The predicted octanol–water partition coefficient (Wildman–Crippen LogP) is 4.81. The van der Waals surface area contributed by atoms with Crippen LogP contribution in [0, 0.1) is 0 Å². The SMILES string of the molecule is CC(C)(C)OC(=O)c1ccc(Br)c(N=c2ssnc2Cl)c1. The second kappa shape index (κ2) is 6.56. The fourth-order valence-corrected chi connectivity index (χ4v) is 3.72. The van der Waals surface area contributed by atoms with Gasteiger partial charge in [-0.1, -0.05) is 11.6 Å². The summed E-state index contributed by atoms with van der Waals surface area (Å²) in [5.41, 5.74) is 0.511. The summed E-state index contributed by atoms with van der Waals surface area (Å²) in [5.74, 6) is -0.385. The van der Waals surface area contributed by atoms with E-state index in [1.165, 1.54) is 20.9 Å². The fourth-order valence-electron chi connectivity index (χ4n) is 1.40. The lowest BCUT2D eigenvalue weighted by molar-refractivity contribution is 0.00695. The highest BCUT2D eigenvalue weighted by molar-refractivity contribution is 9.10. The minimum Gasteiger partial charge on any atom is -0.456 e. The van der Waals surface area contributed by atoms with Crippen molar-refractivity contribution < 1.29 is 9.53 Å². The van der Waals surface area contributed by atoms with E-state index < -0.39 is 5.60 Å². The van der Waals surface area contributed by atoms with Crippen LogP contribution in [0.25, 0.3) is 0 Å². The van der Waals surface area contributed by atoms with Gasteiger partial charge < -0.3 is 4.74 Å². The normalized spacial score (nSPS) is 12.5. The number of carbonyl (C=O) groups excluding carboxylic acids is 1. The summed E-state index contributed by atoms with van der Waals surface area (Å²) in [6, 6.07) is 5.11. The van der Waals surface area contributed by atoms with Crippen molar-refractivity contribution in [3.05, 3.63) is 38.1 Å². The fraction of sp³-hybridized carbons (Fsp3) is 0.308. The smallest absolute Gasteiger partial charge is 0.338 e. The van der Waals surface area contributed by atoms with Crippen LogP contribution in [-0.2, 0) is 4.74 Å². The third kappa shape index (κ3) is 4.60. The number of esters is 1. The molecule has 4 nitrogen and oxygen atoms in total. The van der Waals surface area contributed by atoms with Crippen LogP contribution in [0.1, 0.15) is 31.1 Å². The molecule has 0 unspecified atom stereocenters. The Morgan fingerprint density at radius 1 is 1.43 bits per heavy atom. The lowest BCUT2D eigenvalue weighted by Crippen LogP contribution is -2.23. The first-order valence-electron chi connectivity index (χ1n) is 5.95. The van der Waals surface area contributed by atoms with Crippen LogP contribution >= 0.6 is 48.4 Å². The molecule has 0 bridgehead atoms. The van der Waals surface area contributed by atoms with Gasteiger partial charge in [0.15, 0.2) is 9.82 Å². The molecule has 0 atom stereocenters. The third-order valence-electron chi connectivity index (χ3n) is 2.21. The largest absolute Gasteiger partial charge is 0.456 e. The highest BCUT2D eigenvalue weighted by atomic mass is 79.9. The van der Waals surface area contributed by atoms with Gasteiger partial charge in [0.1, 0.15) is 5.60 Å². The van der Waals surface area contributed by atoms with Gasteiger partial charge in [0, 0.05) is 15.0 Å². The van der Waals surface area contributed by atoms with E-state index in [-0.39, 0.29) is 5.97 Å². The molecular formula is C13H12BrClN2O2S2. The van der Waals surface area contributed by atoms with Gasteiger partial charge in [-0.05, 0) is 65.2 Å². The van der Waals surface area contributed by atoms with Crippen LogP contribution in [0.3, 0.4) is 0 Å². The van der Waals surface area contributed by atoms with Crippen LogP contribution in [0.4, 0.5) is 5.69 Å². The van der Waals surface area contributed by atoms with Crippen molar-refractivity contribution in [2.75, 3.05) is 0 Å². The quantitative estimate of drug-likeness (QED) is 0.530. The molecule has 0 amide bonds. The maximum Gasteiger partial charge on any atom is 0.338 e. The molecule has 0 aliphatic carbocycles. The average Bonchev–Trinajstić information content (AvgIpc) is 2.75. The summed E-state index contributed by atoms with van der Waals surface area (Å²) in [6.45, 7) is 5.48. The first-order chi connectivity index (χ1) is 9.76. The topological polar surface area (TPSA) is 51.5 Å². The molecule has 1 heterocycles. The number of aromatic nitrogens is 1. The Morgan fingerprint density at radius 2 is 2.14 bits per heavy atom. The van der Waals surface area contributed by atoms with Crippen molar-refractivity contribution in [2.24, 2.45) is 4.99 Å². The van der Waals surface area contributed by atoms with E-state index in [9.17, 15) is 4.79 Å². The number of halogens is 2. The average molecular weight is 408 g/mol. The summed E-state index contributed by atoms with van der Waals surface area (Å²) in [6.07, 6.45) is 0. The molecule has 0 spiro atoms. The summed E-state index contributed by atoms with van der Waals surface area (Å²) in [4.78, 5) is 16.5. The summed E-state index contributed by atoms with van der Waals surface area (Å²) in [7, 11) is 2.64. The van der Waals surface area contributed by atoms with Gasteiger partial charge in [-0.25, -0.2) is 9.79 Å². The van der Waals surface area contributed by atoms with E-state index in [1.807, 2.05) is 20.8 Å². The molecule has 0 fully saturated rings. The standard InChI is InChI=1S/C13H12BrClN2O2S2/c1-13(2,3)19-12(18)7-4-5-8(14)9(6-7)16-11-10(15)17-21-20-11/h4-6H,1-3H3. The van der Waals surface area contributed by atoms with Gasteiger partial charge in [0.05, 0.1) is 11.3 Å². The molecular weight excluding hydrogens is 396 g/mol. The van der Waals surface area contributed by atoms with Gasteiger partial charge in [-0.3, -0.25) is 0 Å². The molecule has 0 N–H and O–H groups in total. The van der Waals surface area contributed by atoms with Crippen LogP contribution in [-0.4, -0.2) is 15.9 Å². The molecule has 2 rings (SSSR count). The van der Waals surface area contributed by atoms with Crippen LogP contribution < -0.4 is 4.67 Å². The molecule has 2 aromatic rings. The van der Waals surface area contributed by atoms with E-state index >= 15 is 0 Å². The van der Waals surface area contributed by atoms with E-state index in [1.54, 1.807) is 18.2 Å². The molecule has 0 aliphatic heterocycles. The number of ether oxygens (including phenoxy) is 1. The van der Waals surface area contributed by atoms with Crippen LogP contribution in [0.2, 0.25) is 5.15 Å². The summed E-state index contributed by atoms with van der Waals surface area (Å²) >= 11 is 9.35. The minimum absolute atomic E-state index is 0.361. The second-order valence-corrected chi connectivity index (χ2v) is 8.17. The summed E-state index contributed by atoms with van der Waals surface area (Å²) < 4.78 is 10.7. The molecule has 1 aromatic carbocycles. The maximum absolute atomic E-state index is 12.1. The first kappa shape index (κ1) is 16.6. The Hall–Kier alpha value is -0.760. The van der Waals surface area contributed by atoms with Crippen molar-refractivity contribution in [3.63, 3.8) is 0 Å². The lowest BCUT2D eigenvalue weighted by Gasteiger charge is -2.19. The lowest BCUT2D eigenvalue weighted by atomic mass is 10.1. The Morgan fingerprint density at radius 3 is 2.71 bits per heavy atom. The van der Waals surface area contributed by atoms with E-state index in [0.717, 1.165) is 4.47 Å². The molecule has 21 heavy (non-hydrogen) atoms. The molecule has 1 aromatic heterocycles. The molecule has 112 valence electrons. The minimum atomic E-state index is -0.538. The zero-order valence-corrected chi connectivity index (χ0v) is 15.5. The van der Waals surface area contributed by atoms with Crippen molar-refractivity contribution >= 4 is 60.1 Å². The maximum atomic E-state index is 12.1. The van der Waals surface area contributed by atoms with Gasteiger partial charge in [0.2, 0.25) is 0 Å². The number of rotatable bonds is 2. The monoisotopic (exact) mass is 406 g/mol. The van der Waals surface area contributed by atoms with E-state index in [0.29, 0.717) is 21.1 Å². The van der Waals surface area contributed by atoms with Crippen molar-refractivity contribution in [1.82, 2.24) is 4.37 Å². The van der Waals surface area contributed by atoms with Crippen molar-refractivity contribution in [3.8, 4) is 0 Å². The molecule has 0 radical (unpaired) electrons. The number of carbonyl (C=O) groups is 1. The van der Waals surface area contributed by atoms with Crippen molar-refractivity contribution in [1.29, 1.82) is 0 Å². The Balaban J connectivity index is 2.39. The van der Waals surface area contributed by atoms with Gasteiger partial charge in [0.25, 0.3) is 0 Å². The van der Waals surface area contributed by atoms with Gasteiger partial charge in [-0.2, -0.15) is 4.37 Å². The van der Waals surface area contributed by atoms with Gasteiger partial charge in [-0.15, -0.1) is 0 Å². The Labute approximate surface area is 143 Å². The number of benzene rings is 1. The number of nitrogens with zero attached hydrogens (tertiary/aromatic N) is 2. The number of hydrogen-bond acceptors (Lipinski definition) is 6. The highest BCUT2D eigenvalue weighted by Crippen LogP contribution is 2.27. The second-order valence-electron chi connectivity index (χ2n) is 5.13. The highest BCUT2D eigenvalue weighted by Gasteiger charge is 2.18. The molecule has 8 heteroatoms. The molecule has 0 saturated carbocycles. The third-order valence-corrected chi connectivity index (χ3v) is 5.05. The van der Waals surface area contributed by atoms with Crippen molar-refractivity contribution in [2.45, 2.75) is 26.4 Å². The predicted molar refractivity (Wildman–Crippen MR) is 89.5 cm³/mol. The van der Waals surface area contributed by atoms with Gasteiger partial charge >= 0.3 is 5.97 Å². The molecule has 0 aliphatic rings. The first-order valence-corrected chi connectivity index (χ1v) is 9.23. The van der Waals surface area contributed by atoms with Crippen LogP contribution in [0.15, 0.2) is 27.7 Å². The zero-order chi connectivity index (χ0) is 15.6. The zero-order valence-electron chi connectivity index (χ0n) is 11.5. The molecule has 0 saturated heterocycles. The Kier molecular flexibility index (Phi) is 5.19. The number of hydrogen-bond donors (Lipinski definition) is 0. The van der Waals surface area contributed by atoms with E-state index in [4.69, 9.17) is 16.3 Å². The van der Waals surface area contributed by atoms with E-state index in [2.05, 4.69) is 25.3 Å². The Bertz CT molecular complexity index is 734. The summed E-state index contributed by atoms with van der Waals surface area (Å²) in [5, 5.41) is 0.361.